The van der Waals surface area contributed by atoms with Crippen molar-refractivity contribution in [2.75, 3.05) is 27.3 Å². The molecule has 1 aliphatic rings. The van der Waals surface area contributed by atoms with E-state index in [9.17, 15) is 9.90 Å². The average molecular weight is 350 g/mol. The summed E-state index contributed by atoms with van der Waals surface area (Å²) in [6, 6.07) is 5.65. The summed E-state index contributed by atoms with van der Waals surface area (Å²) >= 11 is 0. The van der Waals surface area contributed by atoms with E-state index in [0.29, 0.717) is 30.5 Å². The quantitative estimate of drug-likeness (QED) is 0.785. The summed E-state index contributed by atoms with van der Waals surface area (Å²) in [5.74, 6) is 1.87. The SMILES string of the molecule is COc1ccc(CNC(=O)CN2CC[C@H](C)C[C@@H]2[C@H](C)O)cc1OC. The van der Waals surface area contributed by atoms with Crippen LogP contribution in [0.4, 0.5) is 0 Å². The normalized spacial score (nSPS) is 22.3. The Morgan fingerprint density at radius 2 is 2.08 bits per heavy atom. The Hall–Kier alpha value is -1.79. The molecule has 1 fully saturated rings. The first-order valence-corrected chi connectivity index (χ1v) is 8.84. The van der Waals surface area contributed by atoms with E-state index >= 15 is 0 Å². The summed E-state index contributed by atoms with van der Waals surface area (Å²) in [5, 5.41) is 12.9. The van der Waals surface area contributed by atoms with Crippen molar-refractivity contribution in [2.45, 2.75) is 45.4 Å². The molecule has 0 spiro atoms. The maximum Gasteiger partial charge on any atom is 0.234 e. The van der Waals surface area contributed by atoms with Crippen molar-refractivity contribution in [1.29, 1.82) is 0 Å². The van der Waals surface area contributed by atoms with Crippen LogP contribution in [-0.4, -0.2) is 55.4 Å². The number of likely N-dealkylation sites (tertiary alicyclic amines) is 1. The minimum atomic E-state index is -0.429. The molecule has 1 aromatic rings. The summed E-state index contributed by atoms with van der Waals surface area (Å²) in [7, 11) is 3.19. The second-order valence-electron chi connectivity index (χ2n) is 6.87. The minimum Gasteiger partial charge on any atom is -0.493 e. The lowest BCUT2D eigenvalue weighted by Crippen LogP contribution is -2.51. The number of carbonyl (C=O) groups excluding carboxylic acids is 1. The average Bonchev–Trinajstić information content (AvgIpc) is 2.61. The third-order valence-corrected chi connectivity index (χ3v) is 4.86. The van der Waals surface area contributed by atoms with Gasteiger partial charge in [-0.2, -0.15) is 0 Å². The van der Waals surface area contributed by atoms with Crippen molar-refractivity contribution >= 4 is 5.91 Å². The highest BCUT2D eigenvalue weighted by atomic mass is 16.5. The molecule has 1 saturated heterocycles. The molecule has 0 radical (unpaired) electrons. The molecule has 6 nitrogen and oxygen atoms in total. The van der Waals surface area contributed by atoms with Gasteiger partial charge in [0.15, 0.2) is 11.5 Å². The monoisotopic (exact) mass is 350 g/mol. The standard InChI is InChI=1S/C19H30N2O4/c1-13-7-8-21(16(9-13)14(2)22)12-19(23)20-11-15-5-6-17(24-3)18(10-15)25-4/h5-6,10,13-14,16,22H,7-9,11-12H2,1-4H3,(H,20,23)/t13-,14-,16+/m0/s1. The van der Waals surface area contributed by atoms with Gasteiger partial charge in [0, 0.05) is 12.6 Å². The second kappa shape index (κ2) is 9.06. The van der Waals surface area contributed by atoms with Crippen LogP contribution in [0.15, 0.2) is 18.2 Å². The van der Waals surface area contributed by atoms with Crippen LogP contribution < -0.4 is 14.8 Å². The van der Waals surface area contributed by atoms with Gasteiger partial charge in [-0.05, 0) is 49.9 Å². The highest BCUT2D eigenvalue weighted by molar-refractivity contribution is 5.78. The minimum absolute atomic E-state index is 0.0324. The first kappa shape index (κ1) is 19.5. The van der Waals surface area contributed by atoms with Crippen LogP contribution in [0.2, 0.25) is 0 Å². The van der Waals surface area contributed by atoms with Gasteiger partial charge in [0.05, 0.1) is 26.9 Å². The molecule has 1 aromatic carbocycles. The predicted octanol–water partition coefficient (Wildman–Crippen LogP) is 1.80. The number of carbonyl (C=O) groups is 1. The molecule has 6 heteroatoms. The van der Waals surface area contributed by atoms with Gasteiger partial charge in [-0.3, -0.25) is 9.69 Å². The largest absolute Gasteiger partial charge is 0.493 e. The Bertz CT molecular complexity index is 577. The van der Waals surface area contributed by atoms with E-state index in [-0.39, 0.29) is 11.9 Å². The van der Waals surface area contributed by atoms with Crippen LogP contribution in [0.5, 0.6) is 11.5 Å². The second-order valence-corrected chi connectivity index (χ2v) is 6.87. The Labute approximate surface area is 150 Å². The van der Waals surface area contributed by atoms with Gasteiger partial charge in [0.25, 0.3) is 0 Å². The number of amides is 1. The molecular formula is C19H30N2O4. The molecule has 0 bridgehead atoms. The molecule has 0 aliphatic carbocycles. The highest BCUT2D eigenvalue weighted by Crippen LogP contribution is 2.27. The lowest BCUT2D eigenvalue weighted by molar-refractivity contribution is -0.124. The smallest absolute Gasteiger partial charge is 0.234 e. The predicted molar refractivity (Wildman–Crippen MR) is 96.8 cm³/mol. The summed E-state index contributed by atoms with van der Waals surface area (Å²) in [4.78, 5) is 14.4. The number of hydrogen-bond acceptors (Lipinski definition) is 5. The molecule has 0 aromatic heterocycles. The van der Waals surface area contributed by atoms with Crippen molar-refractivity contribution in [3.05, 3.63) is 23.8 Å². The summed E-state index contributed by atoms with van der Waals surface area (Å²) in [6.45, 7) is 5.60. The number of benzene rings is 1. The zero-order valence-electron chi connectivity index (χ0n) is 15.6. The van der Waals surface area contributed by atoms with E-state index in [1.807, 2.05) is 18.2 Å². The van der Waals surface area contributed by atoms with Crippen LogP contribution in [0.1, 0.15) is 32.3 Å². The number of hydrogen-bond donors (Lipinski definition) is 2. The molecule has 3 atom stereocenters. The van der Waals surface area contributed by atoms with Crippen molar-refractivity contribution in [3.8, 4) is 11.5 Å². The Morgan fingerprint density at radius 3 is 2.72 bits per heavy atom. The molecule has 1 heterocycles. The van der Waals surface area contributed by atoms with Gasteiger partial charge in [-0.1, -0.05) is 13.0 Å². The van der Waals surface area contributed by atoms with Gasteiger partial charge in [0.2, 0.25) is 5.91 Å². The Balaban J connectivity index is 1.90. The van der Waals surface area contributed by atoms with Gasteiger partial charge in [-0.25, -0.2) is 0 Å². The molecule has 0 unspecified atom stereocenters. The first-order valence-electron chi connectivity index (χ1n) is 8.84. The maximum atomic E-state index is 12.3. The van der Waals surface area contributed by atoms with Crippen molar-refractivity contribution in [2.24, 2.45) is 5.92 Å². The number of ether oxygens (including phenoxy) is 2. The van der Waals surface area contributed by atoms with Gasteiger partial charge in [-0.15, -0.1) is 0 Å². The highest BCUT2D eigenvalue weighted by Gasteiger charge is 2.30. The summed E-state index contributed by atoms with van der Waals surface area (Å²) in [6.07, 6.45) is 1.56. The van der Waals surface area contributed by atoms with Gasteiger partial charge >= 0.3 is 0 Å². The molecular weight excluding hydrogens is 320 g/mol. The number of nitrogens with zero attached hydrogens (tertiary/aromatic N) is 1. The van der Waals surface area contributed by atoms with Gasteiger partial charge < -0.3 is 19.9 Å². The molecule has 140 valence electrons. The van der Waals surface area contributed by atoms with Crippen LogP contribution >= 0.6 is 0 Å². The Kier molecular flexibility index (Phi) is 7.08. The van der Waals surface area contributed by atoms with Crippen LogP contribution in [0.25, 0.3) is 0 Å². The number of piperidine rings is 1. The Morgan fingerprint density at radius 1 is 1.36 bits per heavy atom. The number of methoxy groups -OCH3 is 2. The van der Waals surface area contributed by atoms with E-state index in [0.717, 1.165) is 24.9 Å². The van der Waals surface area contributed by atoms with Crippen LogP contribution in [0, 0.1) is 5.92 Å². The summed E-state index contributed by atoms with van der Waals surface area (Å²) < 4.78 is 10.5. The summed E-state index contributed by atoms with van der Waals surface area (Å²) in [5.41, 5.74) is 0.949. The van der Waals surface area contributed by atoms with Crippen molar-refractivity contribution in [3.63, 3.8) is 0 Å². The molecule has 2 N–H and O–H groups in total. The van der Waals surface area contributed by atoms with Crippen molar-refractivity contribution < 1.29 is 19.4 Å². The number of aliphatic hydroxyl groups is 1. The fourth-order valence-corrected chi connectivity index (χ4v) is 3.36. The fraction of sp³-hybridized carbons (Fsp3) is 0.632. The van der Waals surface area contributed by atoms with E-state index in [1.54, 1.807) is 21.1 Å². The first-order chi connectivity index (χ1) is 11.9. The molecule has 0 saturated carbocycles. The van der Waals surface area contributed by atoms with E-state index in [1.165, 1.54) is 0 Å². The zero-order chi connectivity index (χ0) is 18.4. The zero-order valence-corrected chi connectivity index (χ0v) is 15.6. The van der Waals surface area contributed by atoms with Crippen LogP contribution in [0.3, 0.4) is 0 Å². The van der Waals surface area contributed by atoms with E-state index in [4.69, 9.17) is 9.47 Å². The lowest BCUT2D eigenvalue weighted by Gasteiger charge is -2.39. The third-order valence-electron chi connectivity index (χ3n) is 4.86. The number of aliphatic hydroxyl groups excluding tert-OH is 1. The fourth-order valence-electron chi connectivity index (χ4n) is 3.36. The molecule has 2 rings (SSSR count). The lowest BCUT2D eigenvalue weighted by atomic mass is 9.90. The number of rotatable bonds is 7. The maximum absolute atomic E-state index is 12.3. The van der Waals surface area contributed by atoms with E-state index in [2.05, 4.69) is 17.1 Å². The molecule has 1 amide bonds. The molecule has 25 heavy (non-hydrogen) atoms. The van der Waals surface area contributed by atoms with Crippen molar-refractivity contribution in [1.82, 2.24) is 10.2 Å². The third kappa shape index (κ3) is 5.34. The molecule has 1 aliphatic heterocycles. The van der Waals surface area contributed by atoms with Crippen LogP contribution in [-0.2, 0) is 11.3 Å². The number of nitrogens with one attached hydrogen (secondary N) is 1. The van der Waals surface area contributed by atoms with Gasteiger partial charge in [0.1, 0.15) is 0 Å². The van der Waals surface area contributed by atoms with E-state index < -0.39 is 6.10 Å². The topological polar surface area (TPSA) is 71.0 Å².